The first kappa shape index (κ1) is 11.3. The molecule has 0 aliphatic heterocycles. The van der Waals surface area contributed by atoms with E-state index in [1.165, 1.54) is 5.56 Å². The predicted molar refractivity (Wildman–Crippen MR) is 71.3 cm³/mol. The first-order chi connectivity index (χ1) is 7.68. The van der Waals surface area contributed by atoms with Crippen LogP contribution in [0.2, 0.25) is 0 Å². The van der Waals surface area contributed by atoms with Crippen LogP contribution >= 0.6 is 7.49 Å². The first-order valence-corrected chi connectivity index (χ1v) is 7.74. The van der Waals surface area contributed by atoms with Crippen molar-refractivity contribution in [3.63, 3.8) is 0 Å². The molecule has 0 aliphatic carbocycles. The Bertz CT molecular complexity index is 437. The summed E-state index contributed by atoms with van der Waals surface area (Å²) < 4.78 is 0. The van der Waals surface area contributed by atoms with Gasteiger partial charge in [-0.3, -0.25) is 0 Å². The zero-order chi connectivity index (χ0) is 11.4. The summed E-state index contributed by atoms with van der Waals surface area (Å²) in [5.41, 5.74) is 1.20. The van der Waals surface area contributed by atoms with Gasteiger partial charge in [-0.2, -0.15) is 0 Å². The lowest BCUT2D eigenvalue weighted by molar-refractivity contribution is 0.616. The quantitative estimate of drug-likeness (QED) is 0.805. The fourth-order valence-electron chi connectivity index (χ4n) is 1.78. The number of benzene rings is 2. The lowest BCUT2D eigenvalue weighted by atomic mass is 10.2. The van der Waals surface area contributed by atoms with E-state index in [0.717, 1.165) is 11.5 Å². The summed E-state index contributed by atoms with van der Waals surface area (Å²) in [5.74, 6) is 0. The molecule has 82 valence electrons. The molecular weight excluding hydrogens is 215 g/mol. The van der Waals surface area contributed by atoms with Crippen molar-refractivity contribution in [3.8, 4) is 0 Å². The molecule has 0 bridgehead atoms. The maximum atomic E-state index is 10.6. The summed E-state index contributed by atoms with van der Waals surface area (Å²) in [6.07, 6.45) is 0.748. The zero-order valence-corrected chi connectivity index (χ0v) is 10.3. The summed E-state index contributed by atoms with van der Waals surface area (Å²) in [6, 6.07) is 20.1. The van der Waals surface area contributed by atoms with Crippen LogP contribution in [0, 0.1) is 0 Å². The first-order valence-electron chi connectivity index (χ1n) is 5.36. The Morgan fingerprint density at radius 1 is 0.875 bits per heavy atom. The molecular formula is C14H16OP+. The van der Waals surface area contributed by atoms with Crippen LogP contribution in [0.5, 0.6) is 0 Å². The molecule has 2 heteroatoms. The van der Waals surface area contributed by atoms with Crippen LogP contribution in [0.4, 0.5) is 0 Å². The minimum Gasteiger partial charge on any atom is -0.246 e. The maximum Gasteiger partial charge on any atom is 0.175 e. The molecule has 1 unspecified atom stereocenters. The van der Waals surface area contributed by atoms with Gasteiger partial charge >= 0.3 is 0 Å². The van der Waals surface area contributed by atoms with Gasteiger partial charge < -0.3 is 0 Å². The summed E-state index contributed by atoms with van der Waals surface area (Å²) in [4.78, 5) is 10.6. The van der Waals surface area contributed by atoms with E-state index in [-0.39, 0.29) is 0 Å². The maximum absolute atomic E-state index is 10.6. The average molecular weight is 231 g/mol. The van der Waals surface area contributed by atoms with Gasteiger partial charge in [-0.15, -0.1) is 0 Å². The van der Waals surface area contributed by atoms with Crippen LogP contribution in [0.15, 0.2) is 60.7 Å². The third-order valence-corrected chi connectivity index (χ3v) is 5.04. The molecule has 0 spiro atoms. The van der Waals surface area contributed by atoms with Crippen molar-refractivity contribution in [3.05, 3.63) is 66.2 Å². The SMILES string of the molecule is C[P+](O)(Cc1ccccc1)c1ccccc1. The Hall–Kier alpha value is -1.17. The van der Waals surface area contributed by atoms with E-state index in [2.05, 4.69) is 12.1 Å². The fourth-order valence-corrected chi connectivity index (χ4v) is 3.70. The summed E-state index contributed by atoms with van der Waals surface area (Å²) >= 11 is 0. The third kappa shape index (κ3) is 2.69. The Labute approximate surface area is 97.2 Å². The second-order valence-corrected chi connectivity index (χ2v) is 7.23. The van der Waals surface area contributed by atoms with E-state index in [1.54, 1.807) is 0 Å². The number of hydrogen-bond donors (Lipinski definition) is 1. The van der Waals surface area contributed by atoms with Crippen LogP contribution in [0.3, 0.4) is 0 Å². The van der Waals surface area contributed by atoms with Crippen LogP contribution in [0.1, 0.15) is 5.56 Å². The van der Waals surface area contributed by atoms with Crippen LogP contribution in [-0.4, -0.2) is 11.6 Å². The van der Waals surface area contributed by atoms with Crippen LogP contribution < -0.4 is 5.30 Å². The molecule has 0 radical (unpaired) electrons. The highest BCUT2D eigenvalue weighted by Gasteiger charge is 2.32. The minimum atomic E-state index is -2.02. The van der Waals surface area contributed by atoms with Crippen molar-refractivity contribution in [2.45, 2.75) is 6.16 Å². The average Bonchev–Trinajstić information content (AvgIpc) is 2.31. The molecule has 0 amide bonds. The lowest BCUT2D eigenvalue weighted by Gasteiger charge is -2.14. The highest BCUT2D eigenvalue weighted by Crippen LogP contribution is 2.52. The molecule has 0 saturated carbocycles. The van der Waals surface area contributed by atoms with Crippen molar-refractivity contribution in [2.24, 2.45) is 0 Å². The van der Waals surface area contributed by atoms with Gasteiger partial charge in [0.2, 0.25) is 0 Å². The monoisotopic (exact) mass is 231 g/mol. The van der Waals surface area contributed by atoms with Crippen molar-refractivity contribution in [1.82, 2.24) is 0 Å². The van der Waals surface area contributed by atoms with E-state index in [0.29, 0.717) is 0 Å². The molecule has 2 aromatic carbocycles. The van der Waals surface area contributed by atoms with Gasteiger partial charge in [-0.25, -0.2) is 4.89 Å². The van der Waals surface area contributed by atoms with Crippen molar-refractivity contribution < 1.29 is 4.89 Å². The molecule has 0 heterocycles. The lowest BCUT2D eigenvalue weighted by Crippen LogP contribution is -2.11. The topological polar surface area (TPSA) is 20.2 Å². The van der Waals surface area contributed by atoms with Crippen molar-refractivity contribution >= 4 is 12.8 Å². The zero-order valence-electron chi connectivity index (χ0n) is 9.38. The highest BCUT2D eigenvalue weighted by atomic mass is 31.2. The molecule has 0 saturated heterocycles. The summed E-state index contributed by atoms with van der Waals surface area (Å²) in [7, 11) is -2.02. The van der Waals surface area contributed by atoms with Crippen molar-refractivity contribution in [1.29, 1.82) is 0 Å². The number of rotatable bonds is 3. The third-order valence-electron chi connectivity index (χ3n) is 2.65. The molecule has 2 aromatic rings. The van der Waals surface area contributed by atoms with Crippen molar-refractivity contribution in [2.75, 3.05) is 6.66 Å². The van der Waals surface area contributed by atoms with Gasteiger partial charge in [0, 0.05) is 0 Å². The minimum absolute atomic E-state index is 0.748. The Balaban J connectivity index is 2.21. The standard InChI is InChI=1S/C14H16OP/c1-16(15,14-10-6-3-7-11-14)12-13-8-4-2-5-9-13/h2-11,15H,12H2,1H3/q+1. The van der Waals surface area contributed by atoms with Gasteiger partial charge in [-0.1, -0.05) is 48.5 Å². The molecule has 1 N–H and O–H groups in total. The van der Waals surface area contributed by atoms with Gasteiger partial charge in [0.1, 0.15) is 11.5 Å². The van der Waals surface area contributed by atoms with E-state index >= 15 is 0 Å². The Kier molecular flexibility index (Phi) is 3.38. The van der Waals surface area contributed by atoms with Gasteiger partial charge in [0.25, 0.3) is 0 Å². The smallest absolute Gasteiger partial charge is 0.175 e. The molecule has 0 fully saturated rings. The second-order valence-electron chi connectivity index (χ2n) is 4.12. The normalized spacial score (nSPS) is 14.4. The molecule has 1 nitrogen and oxygen atoms in total. The predicted octanol–water partition coefficient (Wildman–Crippen LogP) is 3.07. The number of hydrogen-bond acceptors (Lipinski definition) is 1. The molecule has 16 heavy (non-hydrogen) atoms. The van der Waals surface area contributed by atoms with Gasteiger partial charge in [-0.05, 0) is 17.7 Å². The van der Waals surface area contributed by atoms with E-state index in [1.807, 2.05) is 55.2 Å². The van der Waals surface area contributed by atoms with E-state index in [4.69, 9.17) is 0 Å². The summed E-state index contributed by atoms with van der Waals surface area (Å²) in [5, 5.41) is 1.07. The van der Waals surface area contributed by atoms with Gasteiger partial charge in [0.05, 0.1) is 6.66 Å². The molecule has 0 aliphatic rings. The molecule has 2 rings (SSSR count). The molecule has 0 aromatic heterocycles. The van der Waals surface area contributed by atoms with Crippen LogP contribution in [-0.2, 0) is 6.16 Å². The Morgan fingerprint density at radius 2 is 1.38 bits per heavy atom. The van der Waals surface area contributed by atoms with E-state index in [9.17, 15) is 4.89 Å². The fraction of sp³-hybridized carbons (Fsp3) is 0.143. The summed E-state index contributed by atoms with van der Waals surface area (Å²) in [6.45, 7) is 1.97. The Morgan fingerprint density at radius 3 is 1.94 bits per heavy atom. The van der Waals surface area contributed by atoms with Crippen LogP contribution in [0.25, 0.3) is 0 Å². The second kappa shape index (κ2) is 4.78. The largest absolute Gasteiger partial charge is 0.246 e. The highest BCUT2D eigenvalue weighted by molar-refractivity contribution is 7.76. The molecule has 1 atom stereocenters. The van der Waals surface area contributed by atoms with Gasteiger partial charge in [0.15, 0.2) is 7.49 Å². The van der Waals surface area contributed by atoms with E-state index < -0.39 is 7.49 Å².